The Balaban J connectivity index is 1.80. The third kappa shape index (κ3) is 2.11. The van der Waals surface area contributed by atoms with E-state index in [-0.39, 0.29) is 5.56 Å². The van der Waals surface area contributed by atoms with Crippen molar-refractivity contribution in [1.29, 1.82) is 0 Å². The van der Waals surface area contributed by atoms with Crippen molar-refractivity contribution in [3.05, 3.63) is 71.0 Å². The summed E-state index contributed by atoms with van der Waals surface area (Å²) in [6.45, 7) is 8.19. The largest absolute Gasteiger partial charge is 0.497 e. The zero-order valence-corrected chi connectivity index (χ0v) is 17.5. The summed E-state index contributed by atoms with van der Waals surface area (Å²) >= 11 is 0. The minimum atomic E-state index is -0.535. The summed E-state index contributed by atoms with van der Waals surface area (Å²) in [7, 11) is -0.535. The minimum Gasteiger partial charge on any atom is -0.399 e. The Morgan fingerprint density at radius 2 is 1.17 bits per heavy atom. The molecule has 1 aliphatic rings. The fourth-order valence-corrected chi connectivity index (χ4v) is 4.75. The predicted octanol–water partition coefficient (Wildman–Crippen LogP) is 4.50. The summed E-state index contributed by atoms with van der Waals surface area (Å²) in [6, 6.07) is 20.2. The third-order valence-electron chi connectivity index (χ3n) is 7.00. The second-order valence-corrected chi connectivity index (χ2v) is 9.22. The number of pyridine rings is 1. The molecule has 0 unspecified atom stereocenters. The average Bonchev–Trinajstić information content (AvgIpc) is 3.17. The summed E-state index contributed by atoms with van der Waals surface area (Å²) in [6.07, 6.45) is 0. The molecule has 3 heterocycles. The first-order chi connectivity index (χ1) is 14.3. The lowest BCUT2D eigenvalue weighted by Crippen LogP contribution is -2.41. The first kappa shape index (κ1) is 17.9. The highest BCUT2D eigenvalue weighted by Gasteiger charge is 2.52. The molecule has 0 N–H and O–H groups in total. The van der Waals surface area contributed by atoms with Gasteiger partial charge in [0.1, 0.15) is 0 Å². The molecule has 0 bridgehead atoms. The smallest absolute Gasteiger partial charge is 0.399 e. The van der Waals surface area contributed by atoms with Crippen LogP contribution in [0.2, 0.25) is 0 Å². The van der Waals surface area contributed by atoms with E-state index in [1.807, 2.05) is 68.5 Å². The van der Waals surface area contributed by atoms with E-state index in [0.717, 1.165) is 43.4 Å². The van der Waals surface area contributed by atoms with Crippen LogP contribution >= 0.6 is 0 Å². The van der Waals surface area contributed by atoms with Gasteiger partial charge in [-0.2, -0.15) is 0 Å². The maximum atomic E-state index is 13.7. The summed E-state index contributed by atoms with van der Waals surface area (Å²) in [5.41, 5.74) is 1.82. The van der Waals surface area contributed by atoms with E-state index in [2.05, 4.69) is 24.3 Å². The van der Waals surface area contributed by atoms with Crippen molar-refractivity contribution >= 4 is 50.5 Å². The van der Waals surface area contributed by atoms with Gasteiger partial charge in [0.15, 0.2) is 0 Å². The quantitative estimate of drug-likeness (QED) is 0.310. The van der Waals surface area contributed by atoms with Crippen LogP contribution < -0.4 is 11.0 Å². The maximum absolute atomic E-state index is 13.7. The standard InChI is InChI=1S/C25H22BNO3/c1-24(2)25(3,4)30-26(29-24)20-14-8-13-18-17-12-7-11-16-15-9-5-6-10-19(15)23(28)27(21(16)17)22(18)20/h5-14H,1-4H3. The Bertz CT molecular complexity index is 1520. The average molecular weight is 395 g/mol. The molecular weight excluding hydrogens is 373 g/mol. The second kappa shape index (κ2) is 5.62. The van der Waals surface area contributed by atoms with Gasteiger partial charge in [-0.15, -0.1) is 0 Å². The topological polar surface area (TPSA) is 39.9 Å². The van der Waals surface area contributed by atoms with Crippen molar-refractivity contribution in [2.75, 3.05) is 0 Å². The molecule has 0 radical (unpaired) electrons. The minimum absolute atomic E-state index is 0.00623. The van der Waals surface area contributed by atoms with Crippen LogP contribution in [0.25, 0.3) is 38.0 Å². The van der Waals surface area contributed by atoms with E-state index in [1.54, 1.807) is 0 Å². The highest BCUT2D eigenvalue weighted by molar-refractivity contribution is 6.65. The van der Waals surface area contributed by atoms with E-state index < -0.39 is 18.3 Å². The molecule has 30 heavy (non-hydrogen) atoms. The first-order valence-electron chi connectivity index (χ1n) is 10.4. The van der Waals surface area contributed by atoms with E-state index in [0.29, 0.717) is 0 Å². The van der Waals surface area contributed by atoms with Crippen LogP contribution in [0.1, 0.15) is 27.7 Å². The molecule has 6 rings (SSSR count). The molecule has 0 saturated carbocycles. The number of nitrogens with zero attached hydrogens (tertiary/aromatic N) is 1. The Morgan fingerprint density at radius 3 is 1.83 bits per heavy atom. The van der Waals surface area contributed by atoms with E-state index in [1.165, 1.54) is 0 Å². The molecule has 1 fully saturated rings. The molecule has 3 aromatic carbocycles. The molecule has 0 amide bonds. The highest BCUT2D eigenvalue weighted by Crippen LogP contribution is 2.38. The van der Waals surface area contributed by atoms with Gasteiger partial charge in [-0.05, 0) is 39.1 Å². The molecule has 4 nitrogen and oxygen atoms in total. The number of para-hydroxylation sites is 2. The SMILES string of the molecule is CC1(C)OB(c2cccc3c4cccc5c6ccccc6c(=O)n(c23)c54)OC1(C)C. The van der Waals surface area contributed by atoms with E-state index in [4.69, 9.17) is 9.31 Å². The summed E-state index contributed by atoms with van der Waals surface area (Å²) < 4.78 is 14.6. The van der Waals surface area contributed by atoms with Crippen molar-refractivity contribution in [3.63, 3.8) is 0 Å². The molecule has 5 aromatic rings. The van der Waals surface area contributed by atoms with Crippen LogP contribution in [-0.4, -0.2) is 22.7 Å². The van der Waals surface area contributed by atoms with Gasteiger partial charge in [-0.1, -0.05) is 54.6 Å². The highest BCUT2D eigenvalue weighted by atomic mass is 16.7. The van der Waals surface area contributed by atoms with Crippen molar-refractivity contribution in [2.45, 2.75) is 38.9 Å². The van der Waals surface area contributed by atoms with Gasteiger partial charge in [0.2, 0.25) is 0 Å². The monoisotopic (exact) mass is 395 g/mol. The van der Waals surface area contributed by atoms with Gasteiger partial charge >= 0.3 is 7.12 Å². The number of rotatable bonds is 1. The Labute approximate surface area is 174 Å². The second-order valence-electron chi connectivity index (χ2n) is 9.22. The molecule has 1 aliphatic heterocycles. The van der Waals surface area contributed by atoms with Crippen molar-refractivity contribution < 1.29 is 9.31 Å². The molecule has 0 spiro atoms. The van der Waals surface area contributed by atoms with Gasteiger partial charge in [-0.25, -0.2) is 0 Å². The lowest BCUT2D eigenvalue weighted by Gasteiger charge is -2.32. The lowest BCUT2D eigenvalue weighted by atomic mass is 9.78. The van der Waals surface area contributed by atoms with Gasteiger partial charge in [0.25, 0.3) is 5.56 Å². The van der Waals surface area contributed by atoms with Gasteiger partial charge in [-0.3, -0.25) is 9.20 Å². The summed E-state index contributed by atoms with van der Waals surface area (Å²) in [5.74, 6) is 0. The van der Waals surface area contributed by atoms with E-state index in [9.17, 15) is 4.79 Å². The maximum Gasteiger partial charge on any atom is 0.497 e. The summed E-state index contributed by atoms with van der Waals surface area (Å²) in [4.78, 5) is 13.7. The molecular formula is C25H22BNO3. The van der Waals surface area contributed by atoms with Crippen LogP contribution in [0.5, 0.6) is 0 Å². The molecule has 148 valence electrons. The third-order valence-corrected chi connectivity index (χ3v) is 7.00. The van der Waals surface area contributed by atoms with Crippen molar-refractivity contribution in [1.82, 2.24) is 4.40 Å². The Hall–Kier alpha value is -2.89. The fraction of sp³-hybridized carbons (Fsp3) is 0.240. The molecule has 2 aromatic heterocycles. The number of aromatic nitrogens is 1. The first-order valence-corrected chi connectivity index (χ1v) is 10.4. The van der Waals surface area contributed by atoms with Crippen LogP contribution in [0.15, 0.2) is 65.5 Å². The molecule has 0 atom stereocenters. The number of hydrogen-bond acceptors (Lipinski definition) is 3. The summed E-state index contributed by atoms with van der Waals surface area (Å²) in [5, 5.41) is 4.90. The van der Waals surface area contributed by atoms with Gasteiger partial charge < -0.3 is 9.31 Å². The number of hydrogen-bond donors (Lipinski definition) is 0. The number of fused-ring (bicyclic) bond motifs is 5. The van der Waals surface area contributed by atoms with Crippen LogP contribution in [0.3, 0.4) is 0 Å². The van der Waals surface area contributed by atoms with Crippen molar-refractivity contribution in [3.8, 4) is 0 Å². The molecule has 1 saturated heterocycles. The zero-order valence-electron chi connectivity index (χ0n) is 17.5. The van der Waals surface area contributed by atoms with Gasteiger partial charge in [0.05, 0.1) is 22.2 Å². The molecule has 0 aliphatic carbocycles. The van der Waals surface area contributed by atoms with Crippen LogP contribution in [0.4, 0.5) is 0 Å². The molecule has 5 heteroatoms. The Morgan fingerprint density at radius 1 is 0.667 bits per heavy atom. The Kier molecular flexibility index (Phi) is 3.36. The normalized spacial score (nSPS) is 18.3. The number of benzene rings is 3. The fourth-order valence-electron chi connectivity index (χ4n) is 4.75. The van der Waals surface area contributed by atoms with Gasteiger partial charge in [0, 0.05) is 27.0 Å². The van der Waals surface area contributed by atoms with Crippen LogP contribution in [0, 0.1) is 0 Å². The lowest BCUT2D eigenvalue weighted by molar-refractivity contribution is 0.00578. The predicted molar refractivity (Wildman–Crippen MR) is 123 cm³/mol. The van der Waals surface area contributed by atoms with Crippen LogP contribution in [-0.2, 0) is 9.31 Å². The zero-order chi connectivity index (χ0) is 20.8. The van der Waals surface area contributed by atoms with E-state index >= 15 is 0 Å². The van der Waals surface area contributed by atoms with Crippen molar-refractivity contribution in [2.24, 2.45) is 0 Å².